The number of fused-ring (bicyclic) bond motifs is 1. The van der Waals surface area contributed by atoms with E-state index in [2.05, 4.69) is 31.0 Å². The first-order valence-electron chi connectivity index (χ1n) is 7.39. The first-order valence-corrected chi connectivity index (χ1v) is 7.39. The molecule has 114 valence electrons. The van der Waals surface area contributed by atoms with E-state index in [1.807, 2.05) is 35.0 Å². The monoisotopic (exact) mass is 296 g/mol. The summed E-state index contributed by atoms with van der Waals surface area (Å²) < 4.78 is 7.44. The lowest BCUT2D eigenvalue weighted by Crippen LogP contribution is -1.92. The number of aromatic nitrogens is 2. The maximum atomic E-state index is 9.24. The third kappa shape index (κ3) is 2.57. The van der Waals surface area contributed by atoms with Gasteiger partial charge in [0.1, 0.15) is 11.4 Å². The van der Waals surface area contributed by atoms with Gasteiger partial charge in [-0.25, -0.2) is 4.98 Å². The molecule has 0 saturated heterocycles. The molecule has 4 nitrogen and oxygen atoms in total. The molecule has 0 aliphatic carbocycles. The lowest BCUT2D eigenvalue weighted by Gasteiger charge is -2.11. The second-order valence-electron chi connectivity index (χ2n) is 5.70. The van der Waals surface area contributed by atoms with Crippen LogP contribution in [0.25, 0.3) is 16.9 Å². The molecule has 0 atom stereocenters. The van der Waals surface area contributed by atoms with E-state index in [-0.39, 0.29) is 6.61 Å². The predicted molar refractivity (Wildman–Crippen MR) is 87.2 cm³/mol. The molecule has 0 aliphatic heterocycles. The Kier molecular flexibility index (Phi) is 3.86. The number of hydrogen-bond donors (Lipinski definition) is 1. The van der Waals surface area contributed by atoms with Crippen LogP contribution in [0.15, 0.2) is 42.7 Å². The molecule has 4 heteroatoms. The Morgan fingerprint density at radius 1 is 1.23 bits per heavy atom. The van der Waals surface area contributed by atoms with Crippen molar-refractivity contribution in [2.75, 3.05) is 7.11 Å². The molecule has 3 aromatic rings. The zero-order chi connectivity index (χ0) is 15.7. The lowest BCUT2D eigenvalue weighted by atomic mass is 9.99. The molecule has 0 amide bonds. The highest BCUT2D eigenvalue weighted by atomic mass is 16.5. The van der Waals surface area contributed by atoms with Gasteiger partial charge in [0.05, 0.1) is 19.4 Å². The molecule has 0 bridgehead atoms. The molecule has 1 N–H and O–H groups in total. The van der Waals surface area contributed by atoms with Crippen molar-refractivity contribution in [3.8, 4) is 17.0 Å². The van der Waals surface area contributed by atoms with Gasteiger partial charge in [0.2, 0.25) is 0 Å². The number of rotatable bonds is 4. The summed E-state index contributed by atoms with van der Waals surface area (Å²) in [7, 11) is 1.67. The first-order chi connectivity index (χ1) is 10.6. The van der Waals surface area contributed by atoms with Gasteiger partial charge in [0, 0.05) is 18.0 Å². The Bertz CT molecular complexity index is 806. The number of pyridine rings is 1. The Labute approximate surface area is 130 Å². The van der Waals surface area contributed by atoms with Gasteiger partial charge in [-0.3, -0.25) is 0 Å². The molecule has 22 heavy (non-hydrogen) atoms. The first kappa shape index (κ1) is 14.6. The van der Waals surface area contributed by atoms with E-state index in [1.165, 1.54) is 5.56 Å². The molecule has 0 unspecified atom stereocenters. The Morgan fingerprint density at radius 3 is 2.73 bits per heavy atom. The van der Waals surface area contributed by atoms with E-state index >= 15 is 0 Å². The van der Waals surface area contributed by atoms with Crippen molar-refractivity contribution in [1.29, 1.82) is 0 Å². The van der Waals surface area contributed by atoms with Crippen LogP contribution in [0.4, 0.5) is 0 Å². The van der Waals surface area contributed by atoms with E-state index in [0.29, 0.717) is 5.92 Å². The molecule has 0 aliphatic rings. The van der Waals surface area contributed by atoms with Crippen LogP contribution in [0.1, 0.15) is 30.9 Å². The summed E-state index contributed by atoms with van der Waals surface area (Å²) in [4.78, 5) is 4.67. The topological polar surface area (TPSA) is 46.8 Å². The highest BCUT2D eigenvalue weighted by molar-refractivity contribution is 5.70. The van der Waals surface area contributed by atoms with Crippen LogP contribution < -0.4 is 4.74 Å². The van der Waals surface area contributed by atoms with Gasteiger partial charge < -0.3 is 14.2 Å². The molecular weight excluding hydrogens is 276 g/mol. The quantitative estimate of drug-likeness (QED) is 0.799. The van der Waals surface area contributed by atoms with Crippen LogP contribution in [-0.2, 0) is 6.61 Å². The fourth-order valence-corrected chi connectivity index (χ4v) is 2.54. The van der Waals surface area contributed by atoms with E-state index in [1.54, 1.807) is 7.11 Å². The Balaban J connectivity index is 2.15. The van der Waals surface area contributed by atoms with Gasteiger partial charge in [0.25, 0.3) is 0 Å². The van der Waals surface area contributed by atoms with E-state index in [0.717, 1.165) is 28.2 Å². The standard InChI is InChI=1S/C18H20N2O2/c1-12(2)14-4-5-17(22-3)15(9-14)16-10-20-7-6-13(11-21)8-18(20)19-16/h4-10,12,21H,11H2,1-3H3. The number of methoxy groups -OCH3 is 1. The molecule has 0 saturated carbocycles. The second-order valence-corrected chi connectivity index (χ2v) is 5.70. The highest BCUT2D eigenvalue weighted by Gasteiger charge is 2.12. The number of aliphatic hydroxyl groups excluding tert-OH is 1. The van der Waals surface area contributed by atoms with Crippen LogP contribution in [0.2, 0.25) is 0 Å². The summed E-state index contributed by atoms with van der Waals surface area (Å²) >= 11 is 0. The van der Waals surface area contributed by atoms with Crippen molar-refractivity contribution in [3.63, 3.8) is 0 Å². The van der Waals surface area contributed by atoms with Crippen molar-refractivity contribution >= 4 is 5.65 Å². The molecule has 3 rings (SSSR count). The van der Waals surface area contributed by atoms with E-state index in [4.69, 9.17) is 4.74 Å². The summed E-state index contributed by atoms with van der Waals surface area (Å²) in [6.07, 6.45) is 3.90. The molecule has 0 fully saturated rings. The van der Waals surface area contributed by atoms with Crippen molar-refractivity contribution in [1.82, 2.24) is 9.38 Å². The van der Waals surface area contributed by atoms with Gasteiger partial charge in [-0.1, -0.05) is 19.9 Å². The lowest BCUT2D eigenvalue weighted by molar-refractivity contribution is 0.282. The summed E-state index contributed by atoms with van der Waals surface area (Å²) in [5.41, 5.74) is 4.78. The zero-order valence-corrected chi connectivity index (χ0v) is 13.1. The van der Waals surface area contributed by atoms with Crippen LogP contribution in [-0.4, -0.2) is 21.6 Å². The van der Waals surface area contributed by atoms with Crippen molar-refractivity contribution < 1.29 is 9.84 Å². The minimum Gasteiger partial charge on any atom is -0.496 e. The molecule has 0 spiro atoms. The average molecular weight is 296 g/mol. The number of imidazole rings is 1. The minimum absolute atomic E-state index is 0.0187. The number of ether oxygens (including phenoxy) is 1. The van der Waals surface area contributed by atoms with E-state index in [9.17, 15) is 5.11 Å². The molecule has 1 aromatic carbocycles. The molecule has 2 aromatic heterocycles. The highest BCUT2D eigenvalue weighted by Crippen LogP contribution is 2.32. The van der Waals surface area contributed by atoms with E-state index < -0.39 is 0 Å². The number of aliphatic hydroxyl groups is 1. The number of benzene rings is 1. The SMILES string of the molecule is COc1ccc(C(C)C)cc1-c1cn2ccc(CO)cc2n1. The van der Waals surface area contributed by atoms with Crippen LogP contribution in [0, 0.1) is 0 Å². The maximum absolute atomic E-state index is 9.24. The summed E-state index contributed by atoms with van der Waals surface area (Å²) in [6.45, 7) is 4.36. The smallest absolute Gasteiger partial charge is 0.137 e. The molecule has 0 radical (unpaired) electrons. The third-order valence-corrected chi connectivity index (χ3v) is 3.87. The summed E-state index contributed by atoms with van der Waals surface area (Å²) in [5, 5.41) is 9.24. The number of nitrogens with zero attached hydrogens (tertiary/aromatic N) is 2. The average Bonchev–Trinajstić information content (AvgIpc) is 2.96. The third-order valence-electron chi connectivity index (χ3n) is 3.87. The molecule has 2 heterocycles. The second kappa shape index (κ2) is 5.81. The Hall–Kier alpha value is -2.33. The fraction of sp³-hybridized carbons (Fsp3) is 0.278. The fourth-order valence-electron chi connectivity index (χ4n) is 2.54. The maximum Gasteiger partial charge on any atom is 0.137 e. The van der Waals surface area contributed by atoms with Gasteiger partial charge in [-0.05, 0) is 41.3 Å². The normalized spacial score (nSPS) is 11.3. The van der Waals surface area contributed by atoms with Crippen molar-refractivity contribution in [2.45, 2.75) is 26.4 Å². The minimum atomic E-state index is 0.0187. The van der Waals surface area contributed by atoms with Gasteiger partial charge in [-0.15, -0.1) is 0 Å². The van der Waals surface area contributed by atoms with Crippen LogP contribution >= 0.6 is 0 Å². The van der Waals surface area contributed by atoms with Crippen molar-refractivity contribution in [3.05, 3.63) is 53.9 Å². The van der Waals surface area contributed by atoms with Gasteiger partial charge >= 0.3 is 0 Å². The largest absolute Gasteiger partial charge is 0.496 e. The Morgan fingerprint density at radius 2 is 2.05 bits per heavy atom. The van der Waals surface area contributed by atoms with Crippen LogP contribution in [0.3, 0.4) is 0 Å². The number of hydrogen-bond acceptors (Lipinski definition) is 3. The predicted octanol–water partition coefficient (Wildman–Crippen LogP) is 3.63. The van der Waals surface area contributed by atoms with Gasteiger partial charge in [0.15, 0.2) is 0 Å². The van der Waals surface area contributed by atoms with Gasteiger partial charge in [-0.2, -0.15) is 0 Å². The zero-order valence-electron chi connectivity index (χ0n) is 13.1. The summed E-state index contributed by atoms with van der Waals surface area (Å²) in [6, 6.07) is 10.0. The van der Waals surface area contributed by atoms with Crippen LogP contribution in [0.5, 0.6) is 5.75 Å². The van der Waals surface area contributed by atoms with Crippen molar-refractivity contribution in [2.24, 2.45) is 0 Å². The summed E-state index contributed by atoms with van der Waals surface area (Å²) in [5.74, 6) is 1.26. The molecular formula is C18H20N2O2.